The first kappa shape index (κ1) is 16.7. The molecular formula is C17H23N5O2S. The van der Waals surface area contributed by atoms with E-state index in [2.05, 4.69) is 26.7 Å². The summed E-state index contributed by atoms with van der Waals surface area (Å²) in [5.74, 6) is 1.72. The van der Waals surface area contributed by atoms with Crippen molar-refractivity contribution in [3.8, 4) is 0 Å². The molecule has 2 aliphatic rings. The van der Waals surface area contributed by atoms with Crippen molar-refractivity contribution in [2.45, 2.75) is 43.3 Å². The topological polar surface area (TPSA) is 71.3 Å². The maximum atomic E-state index is 13.2. The zero-order valence-electron chi connectivity index (χ0n) is 14.4. The van der Waals surface area contributed by atoms with E-state index in [4.69, 9.17) is 0 Å². The average Bonchev–Trinajstić information content (AvgIpc) is 3.05. The number of benzene rings is 1. The molecule has 25 heavy (non-hydrogen) atoms. The number of fused-ring (bicyclic) bond motifs is 1. The molecule has 7 nitrogen and oxygen atoms in total. The van der Waals surface area contributed by atoms with Crippen molar-refractivity contribution in [2.75, 3.05) is 20.1 Å². The van der Waals surface area contributed by atoms with Crippen molar-refractivity contribution in [3.05, 3.63) is 42.0 Å². The Kier molecular flexibility index (Phi) is 4.35. The first-order valence-corrected chi connectivity index (χ1v) is 10.2. The number of sulfonamides is 1. The van der Waals surface area contributed by atoms with Crippen molar-refractivity contribution in [2.24, 2.45) is 0 Å². The fourth-order valence-corrected chi connectivity index (χ4v) is 5.40. The van der Waals surface area contributed by atoms with Crippen LogP contribution in [0.5, 0.6) is 0 Å². The fraction of sp³-hybridized carbons (Fsp3) is 0.529. The molecule has 3 heterocycles. The summed E-state index contributed by atoms with van der Waals surface area (Å²) in [5.41, 5.74) is 0. The number of hydrogen-bond donors (Lipinski definition) is 0. The Labute approximate surface area is 148 Å². The Hall–Kier alpha value is -1.77. The Morgan fingerprint density at radius 2 is 1.84 bits per heavy atom. The third-order valence-electron chi connectivity index (χ3n) is 5.07. The van der Waals surface area contributed by atoms with E-state index in [1.165, 1.54) is 0 Å². The third kappa shape index (κ3) is 2.98. The molecule has 0 saturated carbocycles. The van der Waals surface area contributed by atoms with E-state index in [1.54, 1.807) is 28.6 Å². The summed E-state index contributed by atoms with van der Waals surface area (Å²) in [5, 5.41) is 8.71. The predicted octanol–water partition coefficient (Wildman–Crippen LogP) is 1.64. The largest absolute Gasteiger partial charge is 0.311 e. The zero-order valence-corrected chi connectivity index (χ0v) is 15.2. The van der Waals surface area contributed by atoms with Crippen molar-refractivity contribution in [3.63, 3.8) is 0 Å². The molecule has 0 radical (unpaired) electrons. The lowest BCUT2D eigenvalue weighted by Crippen LogP contribution is -2.40. The van der Waals surface area contributed by atoms with Crippen LogP contribution in [0.3, 0.4) is 0 Å². The second-order valence-corrected chi connectivity index (χ2v) is 8.69. The molecule has 1 saturated heterocycles. The van der Waals surface area contributed by atoms with Gasteiger partial charge in [0.25, 0.3) is 0 Å². The maximum Gasteiger partial charge on any atom is 0.243 e. The second-order valence-electron chi connectivity index (χ2n) is 6.80. The minimum absolute atomic E-state index is 0.233. The van der Waals surface area contributed by atoms with Gasteiger partial charge in [0.05, 0.1) is 17.5 Å². The van der Waals surface area contributed by atoms with Gasteiger partial charge in [-0.25, -0.2) is 8.42 Å². The van der Waals surface area contributed by atoms with Crippen molar-refractivity contribution in [1.29, 1.82) is 0 Å². The molecule has 0 amide bonds. The van der Waals surface area contributed by atoms with E-state index in [0.29, 0.717) is 11.4 Å². The summed E-state index contributed by atoms with van der Waals surface area (Å²) in [6.45, 7) is 3.02. The van der Waals surface area contributed by atoms with Crippen LogP contribution < -0.4 is 0 Å². The molecule has 4 rings (SSSR count). The fourth-order valence-electron chi connectivity index (χ4n) is 3.73. The molecule has 1 atom stereocenters. The van der Waals surface area contributed by atoms with E-state index < -0.39 is 10.0 Å². The Bertz CT molecular complexity index is 849. The lowest BCUT2D eigenvalue weighted by molar-refractivity contribution is 0.224. The maximum absolute atomic E-state index is 13.2. The van der Waals surface area contributed by atoms with Gasteiger partial charge >= 0.3 is 0 Å². The molecule has 1 aromatic carbocycles. The number of aromatic nitrogens is 3. The van der Waals surface area contributed by atoms with Crippen molar-refractivity contribution >= 4 is 10.0 Å². The highest BCUT2D eigenvalue weighted by Crippen LogP contribution is 2.35. The number of likely N-dealkylation sites (N-methyl/N-ethyl adjacent to an activating group) is 1. The molecule has 0 aliphatic carbocycles. The van der Waals surface area contributed by atoms with Gasteiger partial charge in [0, 0.05) is 19.6 Å². The minimum atomic E-state index is -3.53. The molecule has 1 aromatic heterocycles. The van der Waals surface area contributed by atoms with Crippen LogP contribution in [0.4, 0.5) is 0 Å². The van der Waals surface area contributed by atoms with Crippen LogP contribution in [0.2, 0.25) is 0 Å². The summed E-state index contributed by atoms with van der Waals surface area (Å²) in [6, 6.07) is 8.45. The first-order chi connectivity index (χ1) is 12.1. The molecule has 2 aliphatic heterocycles. The summed E-state index contributed by atoms with van der Waals surface area (Å²) in [4.78, 5) is 2.55. The van der Waals surface area contributed by atoms with Crippen LogP contribution in [0.25, 0.3) is 0 Å². The van der Waals surface area contributed by atoms with Crippen LogP contribution in [0.1, 0.15) is 37.0 Å². The summed E-state index contributed by atoms with van der Waals surface area (Å²) in [6.07, 6.45) is 2.68. The number of piperidine rings is 1. The predicted molar refractivity (Wildman–Crippen MR) is 93.3 cm³/mol. The smallest absolute Gasteiger partial charge is 0.243 e. The molecule has 0 bridgehead atoms. The van der Waals surface area contributed by atoms with Gasteiger partial charge in [0.2, 0.25) is 10.0 Å². The van der Waals surface area contributed by atoms with Gasteiger partial charge in [-0.2, -0.15) is 4.31 Å². The molecule has 0 unspecified atom stereocenters. The summed E-state index contributed by atoms with van der Waals surface area (Å²) < 4.78 is 30.1. The number of rotatable bonds is 3. The van der Waals surface area contributed by atoms with Gasteiger partial charge in [-0.05, 0) is 32.0 Å². The van der Waals surface area contributed by atoms with E-state index >= 15 is 0 Å². The third-order valence-corrected chi connectivity index (χ3v) is 7.00. The molecule has 0 spiro atoms. The van der Waals surface area contributed by atoms with Crippen LogP contribution in [0.15, 0.2) is 35.2 Å². The molecule has 2 aromatic rings. The Morgan fingerprint density at radius 3 is 2.64 bits per heavy atom. The van der Waals surface area contributed by atoms with E-state index in [-0.39, 0.29) is 6.04 Å². The first-order valence-electron chi connectivity index (χ1n) is 8.75. The van der Waals surface area contributed by atoms with Gasteiger partial charge in [-0.1, -0.05) is 24.6 Å². The Balaban J connectivity index is 1.71. The molecule has 8 heteroatoms. The van der Waals surface area contributed by atoms with Gasteiger partial charge in [0.15, 0.2) is 5.82 Å². The van der Waals surface area contributed by atoms with Crippen LogP contribution in [-0.4, -0.2) is 52.5 Å². The zero-order chi connectivity index (χ0) is 17.4. The highest BCUT2D eigenvalue weighted by molar-refractivity contribution is 7.89. The molecule has 134 valence electrons. The van der Waals surface area contributed by atoms with Crippen LogP contribution in [-0.2, 0) is 23.1 Å². The van der Waals surface area contributed by atoms with E-state index in [0.717, 1.165) is 50.5 Å². The monoisotopic (exact) mass is 361 g/mol. The highest BCUT2D eigenvalue weighted by atomic mass is 32.2. The van der Waals surface area contributed by atoms with Crippen LogP contribution in [0, 0.1) is 0 Å². The van der Waals surface area contributed by atoms with Gasteiger partial charge < -0.3 is 4.57 Å². The Morgan fingerprint density at radius 1 is 1.04 bits per heavy atom. The summed E-state index contributed by atoms with van der Waals surface area (Å²) >= 11 is 0. The highest BCUT2D eigenvalue weighted by Gasteiger charge is 2.38. The van der Waals surface area contributed by atoms with Crippen molar-refractivity contribution in [1.82, 2.24) is 24.0 Å². The molecular weight excluding hydrogens is 338 g/mol. The average molecular weight is 361 g/mol. The van der Waals surface area contributed by atoms with E-state index in [1.807, 2.05) is 6.07 Å². The summed E-state index contributed by atoms with van der Waals surface area (Å²) in [7, 11) is -1.47. The molecule has 1 fully saturated rings. The standard InChI is InChI=1S/C17H23N5O2S/c1-20-11-12-21-16(13-20)18-19-17(21)15-9-5-6-10-22(15)25(23,24)14-7-3-2-4-8-14/h2-4,7-8,15H,5-6,9-13H2,1H3/t15-/m0/s1. The quantitative estimate of drug-likeness (QED) is 0.831. The number of hydrogen-bond acceptors (Lipinski definition) is 5. The lowest BCUT2D eigenvalue weighted by Gasteiger charge is -2.35. The molecule has 0 N–H and O–H groups in total. The second kappa shape index (κ2) is 6.51. The van der Waals surface area contributed by atoms with Crippen LogP contribution >= 0.6 is 0 Å². The van der Waals surface area contributed by atoms with Crippen molar-refractivity contribution < 1.29 is 8.42 Å². The van der Waals surface area contributed by atoms with Gasteiger partial charge in [0.1, 0.15) is 5.82 Å². The lowest BCUT2D eigenvalue weighted by atomic mass is 10.0. The number of nitrogens with zero attached hydrogens (tertiary/aromatic N) is 5. The SMILES string of the molecule is CN1CCn2c(nnc2[C@@H]2CCCCN2S(=O)(=O)c2ccccc2)C1. The minimum Gasteiger partial charge on any atom is -0.311 e. The normalized spacial score (nSPS) is 22.7. The van der Waals surface area contributed by atoms with Gasteiger partial charge in [-0.15, -0.1) is 10.2 Å². The van der Waals surface area contributed by atoms with Gasteiger partial charge in [-0.3, -0.25) is 4.90 Å². The van der Waals surface area contributed by atoms with E-state index in [9.17, 15) is 8.42 Å².